The molecule has 1 N–H and O–H groups in total. The normalized spacial score (nSPS) is 11.1. The lowest BCUT2D eigenvalue weighted by Gasteiger charge is -2.10. The van der Waals surface area contributed by atoms with Crippen molar-refractivity contribution in [2.75, 3.05) is 6.54 Å². The van der Waals surface area contributed by atoms with Crippen LogP contribution in [0.4, 0.5) is 0 Å². The molecule has 0 unspecified atom stereocenters. The van der Waals surface area contributed by atoms with E-state index < -0.39 is 0 Å². The second-order valence-corrected chi connectivity index (χ2v) is 8.68. The van der Waals surface area contributed by atoms with Gasteiger partial charge < -0.3 is 9.88 Å². The Morgan fingerprint density at radius 1 is 1.17 bits per heavy atom. The van der Waals surface area contributed by atoms with Gasteiger partial charge in [0.15, 0.2) is 0 Å². The fraction of sp³-hybridized carbons (Fsp3) is 0.286. The summed E-state index contributed by atoms with van der Waals surface area (Å²) in [7, 11) is 0. The molecule has 0 aliphatic rings. The number of benzene rings is 2. The standard InChI is InChI=1S/C21H22Cl2N4OS/c1-14(2)27-13-25-26-20(27)9-10-24-21(28)16-5-3-15(4-6-16)12-29-19-11-17(22)7-8-18(19)23/h3-8,11,13-14H,9-10,12H2,1-2H3,(H,24,28). The maximum absolute atomic E-state index is 12.4. The van der Waals surface area contributed by atoms with E-state index in [9.17, 15) is 4.79 Å². The largest absolute Gasteiger partial charge is 0.352 e. The molecule has 1 amide bonds. The number of rotatable bonds is 8. The van der Waals surface area contributed by atoms with E-state index in [1.54, 1.807) is 30.2 Å². The molecule has 0 saturated carbocycles. The Labute approximate surface area is 184 Å². The summed E-state index contributed by atoms with van der Waals surface area (Å²) in [5, 5.41) is 12.3. The summed E-state index contributed by atoms with van der Waals surface area (Å²) < 4.78 is 2.00. The molecule has 29 heavy (non-hydrogen) atoms. The number of hydrogen-bond donors (Lipinski definition) is 1. The van der Waals surface area contributed by atoms with Crippen molar-refractivity contribution in [1.29, 1.82) is 0 Å². The Bertz CT molecular complexity index is 973. The Morgan fingerprint density at radius 2 is 1.93 bits per heavy atom. The number of carbonyl (C=O) groups is 1. The average molecular weight is 449 g/mol. The highest BCUT2D eigenvalue weighted by molar-refractivity contribution is 7.98. The molecule has 8 heteroatoms. The van der Waals surface area contributed by atoms with Crippen molar-refractivity contribution in [3.05, 3.63) is 75.8 Å². The van der Waals surface area contributed by atoms with Gasteiger partial charge in [-0.3, -0.25) is 4.79 Å². The Kier molecular flexibility index (Phi) is 7.58. The van der Waals surface area contributed by atoms with Gasteiger partial charge in [-0.25, -0.2) is 0 Å². The minimum absolute atomic E-state index is 0.0994. The lowest BCUT2D eigenvalue weighted by atomic mass is 10.1. The van der Waals surface area contributed by atoms with Gasteiger partial charge in [-0.2, -0.15) is 0 Å². The van der Waals surface area contributed by atoms with Crippen LogP contribution in [0.1, 0.15) is 41.6 Å². The van der Waals surface area contributed by atoms with Gasteiger partial charge in [0.1, 0.15) is 12.2 Å². The summed E-state index contributed by atoms with van der Waals surface area (Å²) in [5.74, 6) is 1.51. The molecule has 0 spiro atoms. The molecule has 0 aliphatic heterocycles. The maximum atomic E-state index is 12.4. The minimum atomic E-state index is -0.0994. The molecule has 0 bridgehead atoms. The predicted molar refractivity (Wildman–Crippen MR) is 119 cm³/mol. The molecule has 0 saturated heterocycles. The number of nitrogens with zero attached hydrogens (tertiary/aromatic N) is 3. The fourth-order valence-electron chi connectivity index (χ4n) is 2.77. The number of aromatic nitrogens is 3. The summed E-state index contributed by atoms with van der Waals surface area (Å²) in [6, 6.07) is 13.3. The van der Waals surface area contributed by atoms with Crippen LogP contribution in [0.25, 0.3) is 0 Å². The van der Waals surface area contributed by atoms with E-state index in [0.29, 0.717) is 34.6 Å². The van der Waals surface area contributed by atoms with Crippen LogP contribution in [0.3, 0.4) is 0 Å². The SMILES string of the molecule is CC(C)n1cnnc1CCNC(=O)c1ccc(CSc2cc(Cl)ccc2Cl)cc1. The first-order valence-corrected chi connectivity index (χ1v) is 11.0. The fourth-order valence-corrected chi connectivity index (χ4v) is 4.22. The van der Waals surface area contributed by atoms with Crippen LogP contribution in [0.5, 0.6) is 0 Å². The van der Waals surface area contributed by atoms with Crippen molar-refractivity contribution in [2.45, 2.75) is 37.0 Å². The Morgan fingerprint density at radius 3 is 2.66 bits per heavy atom. The zero-order valence-corrected chi connectivity index (χ0v) is 18.6. The van der Waals surface area contributed by atoms with E-state index in [0.717, 1.165) is 22.0 Å². The third-order valence-electron chi connectivity index (χ3n) is 4.34. The Balaban J connectivity index is 1.50. The second-order valence-electron chi connectivity index (χ2n) is 6.81. The van der Waals surface area contributed by atoms with Gasteiger partial charge >= 0.3 is 0 Å². The average Bonchev–Trinajstić information content (AvgIpc) is 3.18. The predicted octanol–water partition coefficient (Wildman–Crippen LogP) is 5.43. The summed E-state index contributed by atoms with van der Waals surface area (Å²) in [5.41, 5.74) is 1.73. The van der Waals surface area contributed by atoms with E-state index in [1.807, 2.05) is 34.9 Å². The zero-order chi connectivity index (χ0) is 20.8. The molecule has 5 nitrogen and oxygen atoms in total. The highest BCUT2D eigenvalue weighted by Crippen LogP contribution is 2.32. The van der Waals surface area contributed by atoms with Crippen LogP contribution in [0.2, 0.25) is 10.0 Å². The van der Waals surface area contributed by atoms with E-state index in [2.05, 4.69) is 29.4 Å². The first-order valence-electron chi connectivity index (χ1n) is 9.27. The number of thioether (sulfide) groups is 1. The number of nitrogens with one attached hydrogen (secondary N) is 1. The first-order chi connectivity index (χ1) is 13.9. The van der Waals surface area contributed by atoms with Gasteiger partial charge in [0.25, 0.3) is 5.91 Å². The summed E-state index contributed by atoms with van der Waals surface area (Å²) in [6.45, 7) is 4.66. The number of amides is 1. The van der Waals surface area contributed by atoms with Crippen LogP contribution >= 0.6 is 35.0 Å². The molecule has 0 fully saturated rings. The summed E-state index contributed by atoms with van der Waals surface area (Å²) >= 11 is 13.8. The van der Waals surface area contributed by atoms with E-state index in [-0.39, 0.29) is 5.91 Å². The van der Waals surface area contributed by atoms with Crippen LogP contribution in [-0.4, -0.2) is 27.2 Å². The molecule has 0 radical (unpaired) electrons. The molecule has 1 heterocycles. The molecule has 3 aromatic rings. The summed E-state index contributed by atoms with van der Waals surface area (Å²) in [4.78, 5) is 13.3. The van der Waals surface area contributed by atoms with Crippen LogP contribution in [-0.2, 0) is 12.2 Å². The van der Waals surface area contributed by atoms with Crippen molar-refractivity contribution in [3.63, 3.8) is 0 Å². The van der Waals surface area contributed by atoms with E-state index in [4.69, 9.17) is 23.2 Å². The number of halogens is 2. The zero-order valence-electron chi connectivity index (χ0n) is 16.2. The van der Waals surface area contributed by atoms with Crippen molar-refractivity contribution in [3.8, 4) is 0 Å². The topological polar surface area (TPSA) is 59.8 Å². The third-order valence-corrected chi connectivity index (χ3v) is 6.14. The highest BCUT2D eigenvalue weighted by Gasteiger charge is 2.10. The van der Waals surface area contributed by atoms with Gasteiger partial charge in [0.2, 0.25) is 0 Å². The van der Waals surface area contributed by atoms with Crippen LogP contribution in [0, 0.1) is 0 Å². The maximum Gasteiger partial charge on any atom is 0.251 e. The van der Waals surface area contributed by atoms with Crippen molar-refractivity contribution < 1.29 is 4.79 Å². The molecule has 0 aliphatic carbocycles. The molecule has 152 valence electrons. The van der Waals surface area contributed by atoms with Crippen molar-refractivity contribution in [2.24, 2.45) is 0 Å². The van der Waals surface area contributed by atoms with Crippen molar-refractivity contribution in [1.82, 2.24) is 20.1 Å². The molecular formula is C21H22Cl2N4OS. The van der Waals surface area contributed by atoms with Gasteiger partial charge in [-0.1, -0.05) is 35.3 Å². The van der Waals surface area contributed by atoms with Gasteiger partial charge in [0.05, 0.1) is 5.02 Å². The quantitative estimate of drug-likeness (QED) is 0.466. The van der Waals surface area contributed by atoms with Gasteiger partial charge in [-0.15, -0.1) is 22.0 Å². The summed E-state index contributed by atoms with van der Waals surface area (Å²) in [6.07, 6.45) is 2.36. The van der Waals surface area contributed by atoms with Crippen LogP contribution in [0.15, 0.2) is 53.7 Å². The monoisotopic (exact) mass is 448 g/mol. The molecule has 3 rings (SSSR count). The number of carbonyl (C=O) groups excluding carboxylic acids is 1. The number of hydrogen-bond acceptors (Lipinski definition) is 4. The molecule has 1 aromatic heterocycles. The minimum Gasteiger partial charge on any atom is -0.352 e. The van der Waals surface area contributed by atoms with Gasteiger partial charge in [0, 0.05) is 40.2 Å². The molecule has 2 aromatic carbocycles. The second kappa shape index (κ2) is 10.1. The van der Waals surface area contributed by atoms with E-state index >= 15 is 0 Å². The lowest BCUT2D eigenvalue weighted by molar-refractivity contribution is 0.0954. The Hall–Kier alpha value is -2.02. The van der Waals surface area contributed by atoms with Gasteiger partial charge in [-0.05, 0) is 49.7 Å². The lowest BCUT2D eigenvalue weighted by Crippen LogP contribution is -2.26. The van der Waals surface area contributed by atoms with E-state index in [1.165, 1.54) is 0 Å². The molecule has 0 atom stereocenters. The van der Waals surface area contributed by atoms with Crippen LogP contribution < -0.4 is 5.32 Å². The van der Waals surface area contributed by atoms with Crippen molar-refractivity contribution >= 4 is 40.9 Å². The molecular weight excluding hydrogens is 427 g/mol. The smallest absolute Gasteiger partial charge is 0.251 e. The first kappa shape index (κ1) is 21.7. The highest BCUT2D eigenvalue weighted by atomic mass is 35.5. The third kappa shape index (κ3) is 5.98.